The number of nitrogens with zero attached hydrogens (tertiary/aromatic N) is 1. The first kappa shape index (κ1) is 24.5. The molecule has 3 saturated heterocycles. The highest BCUT2D eigenvalue weighted by Crippen LogP contribution is 2.32. The van der Waals surface area contributed by atoms with E-state index < -0.39 is 0 Å². The third kappa shape index (κ3) is 6.85. The van der Waals surface area contributed by atoms with Gasteiger partial charge in [0.2, 0.25) is 5.91 Å². The number of halogens is 2. The van der Waals surface area contributed by atoms with Gasteiger partial charge in [0, 0.05) is 31.6 Å². The molecule has 164 valence electrons. The molecule has 2 atom stereocenters. The summed E-state index contributed by atoms with van der Waals surface area (Å²) in [7, 11) is 0. The van der Waals surface area contributed by atoms with Crippen LogP contribution in [0.3, 0.4) is 0 Å². The highest BCUT2D eigenvalue weighted by atomic mass is 35.5. The van der Waals surface area contributed by atoms with E-state index in [1.165, 1.54) is 62.7 Å². The van der Waals surface area contributed by atoms with Crippen LogP contribution >= 0.6 is 24.8 Å². The van der Waals surface area contributed by atoms with Crippen LogP contribution in [0.4, 0.5) is 0 Å². The average Bonchev–Trinajstić information content (AvgIpc) is 3.01. The molecule has 3 aliphatic rings. The van der Waals surface area contributed by atoms with Crippen molar-refractivity contribution in [2.45, 2.75) is 77.0 Å². The molecule has 3 heterocycles. The Kier molecular flexibility index (Phi) is 9.74. The molecule has 29 heavy (non-hydrogen) atoms. The van der Waals surface area contributed by atoms with Crippen LogP contribution in [0.15, 0.2) is 24.3 Å². The Morgan fingerprint density at radius 3 is 2.31 bits per heavy atom. The minimum Gasteiger partial charge on any atom is -0.352 e. The molecule has 4 rings (SSSR count). The summed E-state index contributed by atoms with van der Waals surface area (Å²) in [5, 5.41) is 6.87. The molecule has 3 fully saturated rings. The van der Waals surface area contributed by atoms with E-state index in [0.29, 0.717) is 31.0 Å². The molecule has 2 unspecified atom stereocenters. The van der Waals surface area contributed by atoms with E-state index in [4.69, 9.17) is 0 Å². The van der Waals surface area contributed by atoms with Gasteiger partial charge in [0.15, 0.2) is 0 Å². The molecule has 3 aliphatic heterocycles. The number of carbonyl (C=O) groups is 1. The highest BCUT2D eigenvalue weighted by molar-refractivity contribution is 5.85. The normalized spacial score (nSPS) is 27.0. The van der Waals surface area contributed by atoms with Gasteiger partial charge in [0.1, 0.15) is 0 Å². The van der Waals surface area contributed by atoms with Crippen LogP contribution in [0.1, 0.15) is 63.0 Å². The minimum atomic E-state index is 0. The summed E-state index contributed by atoms with van der Waals surface area (Å²) in [4.78, 5) is 15.1. The number of hydrogen-bond donors (Lipinski definition) is 2. The van der Waals surface area contributed by atoms with Crippen molar-refractivity contribution < 1.29 is 4.79 Å². The second kappa shape index (κ2) is 11.5. The van der Waals surface area contributed by atoms with E-state index in [9.17, 15) is 4.79 Å². The Morgan fingerprint density at radius 1 is 1.03 bits per heavy atom. The number of rotatable bonds is 6. The van der Waals surface area contributed by atoms with Crippen LogP contribution in [0, 0.1) is 11.8 Å². The summed E-state index contributed by atoms with van der Waals surface area (Å²) < 4.78 is 0. The minimum absolute atomic E-state index is 0. The smallest absolute Gasteiger partial charge is 0.220 e. The number of likely N-dealkylation sites (tertiary alicyclic amines) is 1. The van der Waals surface area contributed by atoms with Crippen molar-refractivity contribution >= 4 is 30.7 Å². The third-order valence-electron chi connectivity index (χ3n) is 6.91. The van der Waals surface area contributed by atoms with Crippen LogP contribution < -0.4 is 10.6 Å². The van der Waals surface area contributed by atoms with Crippen molar-refractivity contribution in [2.24, 2.45) is 11.8 Å². The predicted molar refractivity (Wildman–Crippen MR) is 124 cm³/mol. The first-order valence-corrected chi connectivity index (χ1v) is 11.0. The predicted octanol–water partition coefficient (Wildman–Crippen LogP) is 4.30. The Morgan fingerprint density at radius 2 is 1.66 bits per heavy atom. The zero-order valence-corrected chi connectivity index (χ0v) is 19.2. The van der Waals surface area contributed by atoms with Crippen molar-refractivity contribution in [3.8, 4) is 0 Å². The largest absolute Gasteiger partial charge is 0.352 e. The number of piperidine rings is 2. The quantitative estimate of drug-likeness (QED) is 0.691. The van der Waals surface area contributed by atoms with Gasteiger partial charge in [-0.1, -0.05) is 31.2 Å². The van der Waals surface area contributed by atoms with Crippen LogP contribution in [0.2, 0.25) is 0 Å². The van der Waals surface area contributed by atoms with Gasteiger partial charge in [-0.3, -0.25) is 9.69 Å². The zero-order valence-electron chi connectivity index (χ0n) is 17.6. The fourth-order valence-corrected chi connectivity index (χ4v) is 5.22. The van der Waals surface area contributed by atoms with Gasteiger partial charge in [-0.2, -0.15) is 0 Å². The SMILES string of the molecule is CC1CCN(Cc2ccccc2CNC(=O)CC2CC3CCC(C2)N3)CC1.Cl.Cl. The molecule has 1 aromatic rings. The average molecular weight is 442 g/mol. The van der Waals surface area contributed by atoms with Gasteiger partial charge < -0.3 is 10.6 Å². The van der Waals surface area contributed by atoms with Crippen molar-refractivity contribution in [1.82, 2.24) is 15.5 Å². The summed E-state index contributed by atoms with van der Waals surface area (Å²) >= 11 is 0. The molecule has 0 radical (unpaired) electrons. The number of fused-ring (bicyclic) bond motifs is 2. The lowest BCUT2D eigenvalue weighted by atomic mass is 9.89. The fraction of sp³-hybridized carbons (Fsp3) is 0.696. The van der Waals surface area contributed by atoms with Crippen LogP contribution in [0.25, 0.3) is 0 Å². The number of benzene rings is 1. The maximum atomic E-state index is 12.5. The molecule has 0 spiro atoms. The van der Waals surface area contributed by atoms with E-state index in [0.717, 1.165) is 12.5 Å². The van der Waals surface area contributed by atoms with E-state index >= 15 is 0 Å². The molecule has 2 bridgehead atoms. The molecule has 1 amide bonds. The summed E-state index contributed by atoms with van der Waals surface area (Å²) in [6, 6.07) is 9.94. The second-order valence-corrected chi connectivity index (χ2v) is 9.18. The van der Waals surface area contributed by atoms with Gasteiger partial charge >= 0.3 is 0 Å². The van der Waals surface area contributed by atoms with E-state index in [1.54, 1.807) is 0 Å². The van der Waals surface area contributed by atoms with E-state index in [-0.39, 0.29) is 30.7 Å². The van der Waals surface area contributed by atoms with Crippen molar-refractivity contribution in [1.29, 1.82) is 0 Å². The standard InChI is InChI=1S/C23H35N3O.2ClH/c1-17-8-10-26(11-9-17)16-20-5-3-2-4-19(20)15-24-23(27)14-18-12-21-6-7-22(13-18)25-21;;/h2-5,17-18,21-22,25H,6-16H2,1H3,(H,24,27);2*1H. The van der Waals surface area contributed by atoms with Crippen molar-refractivity contribution in [2.75, 3.05) is 13.1 Å². The molecule has 0 saturated carbocycles. The highest BCUT2D eigenvalue weighted by Gasteiger charge is 2.34. The van der Waals surface area contributed by atoms with Gasteiger partial charge in [0.05, 0.1) is 0 Å². The molecule has 0 aliphatic carbocycles. The molecule has 6 heteroatoms. The number of hydrogen-bond acceptors (Lipinski definition) is 3. The molecule has 0 aromatic heterocycles. The first-order valence-electron chi connectivity index (χ1n) is 11.0. The summed E-state index contributed by atoms with van der Waals surface area (Å²) in [6.07, 6.45) is 8.24. The monoisotopic (exact) mass is 441 g/mol. The molecular formula is C23H37Cl2N3O. The molecule has 2 N–H and O–H groups in total. The first-order chi connectivity index (χ1) is 13.2. The maximum Gasteiger partial charge on any atom is 0.220 e. The van der Waals surface area contributed by atoms with Crippen LogP contribution in [-0.2, 0) is 17.9 Å². The third-order valence-corrected chi connectivity index (χ3v) is 6.91. The Hall–Kier alpha value is -0.810. The lowest BCUT2D eigenvalue weighted by molar-refractivity contribution is -0.122. The molecule has 4 nitrogen and oxygen atoms in total. The number of nitrogens with one attached hydrogen (secondary N) is 2. The van der Waals surface area contributed by atoms with Crippen molar-refractivity contribution in [3.63, 3.8) is 0 Å². The lowest BCUT2D eigenvalue weighted by Gasteiger charge is -2.30. The number of amides is 1. The molecular weight excluding hydrogens is 405 g/mol. The van der Waals surface area contributed by atoms with Crippen LogP contribution in [0.5, 0.6) is 0 Å². The van der Waals surface area contributed by atoms with Gasteiger partial charge in [-0.15, -0.1) is 24.8 Å². The van der Waals surface area contributed by atoms with E-state index in [1.807, 2.05) is 0 Å². The molecule has 1 aromatic carbocycles. The zero-order chi connectivity index (χ0) is 18.6. The van der Waals surface area contributed by atoms with E-state index in [2.05, 4.69) is 46.7 Å². The Balaban J connectivity index is 0.00000150. The topological polar surface area (TPSA) is 44.4 Å². The maximum absolute atomic E-state index is 12.5. The van der Waals surface area contributed by atoms with Gasteiger partial charge in [-0.25, -0.2) is 0 Å². The number of carbonyl (C=O) groups excluding carboxylic acids is 1. The van der Waals surface area contributed by atoms with Crippen LogP contribution in [-0.4, -0.2) is 36.0 Å². The fourth-order valence-electron chi connectivity index (χ4n) is 5.22. The summed E-state index contributed by atoms with van der Waals surface area (Å²) in [5.74, 6) is 1.65. The van der Waals surface area contributed by atoms with Gasteiger partial charge in [-0.05, 0) is 74.6 Å². The Labute approximate surface area is 188 Å². The summed E-state index contributed by atoms with van der Waals surface area (Å²) in [6.45, 7) is 6.42. The second-order valence-electron chi connectivity index (χ2n) is 9.18. The van der Waals surface area contributed by atoms with Gasteiger partial charge in [0.25, 0.3) is 0 Å². The van der Waals surface area contributed by atoms with Crippen molar-refractivity contribution in [3.05, 3.63) is 35.4 Å². The Bertz CT molecular complexity index is 637. The lowest BCUT2D eigenvalue weighted by Crippen LogP contribution is -2.39. The summed E-state index contributed by atoms with van der Waals surface area (Å²) in [5.41, 5.74) is 2.64.